The van der Waals surface area contributed by atoms with E-state index < -0.39 is 0 Å². The fourth-order valence-electron chi connectivity index (χ4n) is 2.60. The highest BCUT2D eigenvalue weighted by Gasteiger charge is 2.27. The highest BCUT2D eigenvalue weighted by Crippen LogP contribution is 2.30. The number of carbonyl (C=O) groups excluding carboxylic acids is 1. The molecule has 19 heavy (non-hydrogen) atoms. The van der Waals surface area contributed by atoms with Gasteiger partial charge in [0.05, 0.1) is 0 Å². The number of rotatable bonds is 3. The van der Waals surface area contributed by atoms with Crippen LogP contribution in [0.1, 0.15) is 23.2 Å². The summed E-state index contributed by atoms with van der Waals surface area (Å²) in [5.41, 5.74) is 0.697. The normalized spacial score (nSPS) is 20.6. The molecule has 1 aliphatic carbocycles. The summed E-state index contributed by atoms with van der Waals surface area (Å²) >= 11 is 5.94. The number of carbonyl (C=O) groups is 1. The van der Waals surface area contributed by atoms with Gasteiger partial charge in [-0.2, -0.15) is 0 Å². The first-order valence-corrected chi connectivity index (χ1v) is 7.37. The van der Waals surface area contributed by atoms with Crippen molar-refractivity contribution >= 4 is 17.5 Å². The van der Waals surface area contributed by atoms with Crippen molar-refractivity contribution in [1.82, 2.24) is 9.80 Å². The summed E-state index contributed by atoms with van der Waals surface area (Å²) in [6.07, 6.45) is 2.78. The molecule has 2 aliphatic rings. The van der Waals surface area contributed by atoms with Crippen molar-refractivity contribution in [3.05, 3.63) is 34.9 Å². The standard InChI is InChI=1S/C15H19ClN2O/c16-14-3-1-2-13(10-14)15(19)18-8-6-17(7-9-18)11-12-4-5-12/h1-3,10,12H,4-9,11H2. The van der Waals surface area contributed by atoms with Gasteiger partial charge in [0.1, 0.15) is 0 Å². The Labute approximate surface area is 119 Å². The molecule has 1 heterocycles. The van der Waals surface area contributed by atoms with Crippen molar-refractivity contribution in [1.29, 1.82) is 0 Å². The molecule has 1 aromatic rings. The van der Waals surface area contributed by atoms with E-state index in [-0.39, 0.29) is 5.91 Å². The molecule has 1 amide bonds. The van der Waals surface area contributed by atoms with E-state index in [9.17, 15) is 4.79 Å². The Bertz CT molecular complexity index is 465. The molecule has 3 nitrogen and oxygen atoms in total. The van der Waals surface area contributed by atoms with Crippen molar-refractivity contribution in [2.75, 3.05) is 32.7 Å². The highest BCUT2D eigenvalue weighted by molar-refractivity contribution is 6.30. The zero-order valence-corrected chi connectivity index (χ0v) is 11.8. The fraction of sp³-hybridized carbons (Fsp3) is 0.533. The molecule has 1 aromatic carbocycles. The second-order valence-corrected chi connectivity index (χ2v) is 5.98. The zero-order valence-electron chi connectivity index (χ0n) is 11.0. The Morgan fingerprint density at radius 3 is 2.58 bits per heavy atom. The molecule has 0 atom stereocenters. The van der Waals surface area contributed by atoms with Crippen LogP contribution in [0.15, 0.2) is 24.3 Å². The maximum Gasteiger partial charge on any atom is 0.253 e. The predicted octanol–water partition coefficient (Wildman–Crippen LogP) is 2.51. The van der Waals surface area contributed by atoms with Gasteiger partial charge in [-0.25, -0.2) is 0 Å². The lowest BCUT2D eigenvalue weighted by Crippen LogP contribution is -2.49. The first-order chi connectivity index (χ1) is 9.22. The molecule has 2 fully saturated rings. The molecule has 1 saturated carbocycles. The first-order valence-electron chi connectivity index (χ1n) is 6.99. The van der Waals surface area contributed by atoms with E-state index in [0.717, 1.165) is 32.1 Å². The zero-order chi connectivity index (χ0) is 13.2. The van der Waals surface area contributed by atoms with Crippen molar-refractivity contribution in [2.24, 2.45) is 5.92 Å². The number of benzene rings is 1. The molecule has 102 valence electrons. The predicted molar refractivity (Wildman–Crippen MR) is 76.5 cm³/mol. The summed E-state index contributed by atoms with van der Waals surface area (Å²) < 4.78 is 0. The van der Waals surface area contributed by atoms with Gasteiger partial charge < -0.3 is 4.90 Å². The molecule has 1 saturated heterocycles. The van der Waals surface area contributed by atoms with Gasteiger partial charge in [-0.05, 0) is 37.0 Å². The van der Waals surface area contributed by atoms with Crippen LogP contribution in [-0.2, 0) is 0 Å². The smallest absolute Gasteiger partial charge is 0.253 e. The Morgan fingerprint density at radius 2 is 1.95 bits per heavy atom. The molecular weight excluding hydrogens is 260 g/mol. The monoisotopic (exact) mass is 278 g/mol. The Morgan fingerprint density at radius 1 is 1.21 bits per heavy atom. The molecule has 0 bridgehead atoms. The van der Waals surface area contributed by atoms with E-state index in [2.05, 4.69) is 4.90 Å². The van der Waals surface area contributed by atoms with Crippen LogP contribution in [0.25, 0.3) is 0 Å². The quantitative estimate of drug-likeness (QED) is 0.848. The number of halogens is 1. The fourth-order valence-corrected chi connectivity index (χ4v) is 2.79. The van der Waals surface area contributed by atoms with Crippen LogP contribution >= 0.6 is 11.6 Å². The molecule has 1 aliphatic heterocycles. The van der Waals surface area contributed by atoms with E-state index in [1.807, 2.05) is 17.0 Å². The maximum absolute atomic E-state index is 12.3. The Hall–Kier alpha value is -1.06. The van der Waals surface area contributed by atoms with Gasteiger partial charge >= 0.3 is 0 Å². The topological polar surface area (TPSA) is 23.6 Å². The van der Waals surface area contributed by atoms with E-state index in [1.54, 1.807) is 12.1 Å². The number of hydrogen-bond donors (Lipinski definition) is 0. The molecule has 0 aromatic heterocycles. The van der Waals surface area contributed by atoms with E-state index >= 15 is 0 Å². The lowest BCUT2D eigenvalue weighted by molar-refractivity contribution is 0.0632. The summed E-state index contributed by atoms with van der Waals surface area (Å²) in [6.45, 7) is 4.89. The summed E-state index contributed by atoms with van der Waals surface area (Å²) in [7, 11) is 0. The first kappa shape index (κ1) is 12.9. The summed E-state index contributed by atoms with van der Waals surface area (Å²) in [6, 6.07) is 7.22. The average molecular weight is 279 g/mol. The van der Waals surface area contributed by atoms with Crippen molar-refractivity contribution in [3.8, 4) is 0 Å². The van der Waals surface area contributed by atoms with Crippen LogP contribution < -0.4 is 0 Å². The summed E-state index contributed by atoms with van der Waals surface area (Å²) in [4.78, 5) is 16.8. The van der Waals surface area contributed by atoms with Crippen LogP contribution in [-0.4, -0.2) is 48.4 Å². The SMILES string of the molecule is O=C(c1cccc(Cl)c1)N1CCN(CC2CC2)CC1. The number of hydrogen-bond acceptors (Lipinski definition) is 2. The van der Waals surface area contributed by atoms with Gasteiger partial charge in [-0.1, -0.05) is 17.7 Å². The number of nitrogens with zero attached hydrogens (tertiary/aromatic N) is 2. The van der Waals surface area contributed by atoms with Crippen LogP contribution in [0.2, 0.25) is 5.02 Å². The largest absolute Gasteiger partial charge is 0.336 e. The Balaban J connectivity index is 1.56. The number of amides is 1. The second kappa shape index (κ2) is 5.51. The van der Waals surface area contributed by atoms with Crippen molar-refractivity contribution < 1.29 is 4.79 Å². The average Bonchev–Trinajstić information content (AvgIpc) is 3.23. The van der Waals surface area contributed by atoms with E-state index in [1.165, 1.54) is 19.4 Å². The molecular formula is C15H19ClN2O. The second-order valence-electron chi connectivity index (χ2n) is 5.55. The molecule has 0 radical (unpaired) electrons. The molecule has 0 unspecified atom stereocenters. The molecule has 0 N–H and O–H groups in total. The van der Waals surface area contributed by atoms with Gasteiger partial charge in [-0.15, -0.1) is 0 Å². The molecule has 4 heteroatoms. The van der Waals surface area contributed by atoms with E-state index in [4.69, 9.17) is 11.6 Å². The van der Waals surface area contributed by atoms with Crippen LogP contribution in [0, 0.1) is 5.92 Å². The lowest BCUT2D eigenvalue weighted by atomic mass is 10.2. The third-order valence-corrected chi connectivity index (χ3v) is 4.18. The van der Waals surface area contributed by atoms with Crippen LogP contribution in [0.3, 0.4) is 0 Å². The number of piperazine rings is 1. The van der Waals surface area contributed by atoms with Crippen LogP contribution in [0.4, 0.5) is 0 Å². The minimum atomic E-state index is 0.105. The highest BCUT2D eigenvalue weighted by atomic mass is 35.5. The van der Waals surface area contributed by atoms with Gasteiger partial charge in [0.15, 0.2) is 0 Å². The van der Waals surface area contributed by atoms with Gasteiger partial charge in [0.25, 0.3) is 5.91 Å². The minimum Gasteiger partial charge on any atom is -0.336 e. The van der Waals surface area contributed by atoms with Gasteiger partial charge in [-0.3, -0.25) is 9.69 Å². The van der Waals surface area contributed by atoms with Gasteiger partial charge in [0, 0.05) is 43.3 Å². The third-order valence-electron chi connectivity index (χ3n) is 3.94. The summed E-state index contributed by atoms with van der Waals surface area (Å²) in [5.74, 6) is 1.03. The van der Waals surface area contributed by atoms with Crippen LogP contribution in [0.5, 0.6) is 0 Å². The molecule has 0 spiro atoms. The van der Waals surface area contributed by atoms with Gasteiger partial charge in [0.2, 0.25) is 0 Å². The van der Waals surface area contributed by atoms with Crippen molar-refractivity contribution in [2.45, 2.75) is 12.8 Å². The Kier molecular flexibility index (Phi) is 3.76. The lowest BCUT2D eigenvalue weighted by Gasteiger charge is -2.34. The minimum absolute atomic E-state index is 0.105. The third kappa shape index (κ3) is 3.28. The van der Waals surface area contributed by atoms with Crippen molar-refractivity contribution in [3.63, 3.8) is 0 Å². The maximum atomic E-state index is 12.3. The summed E-state index contributed by atoms with van der Waals surface area (Å²) in [5, 5.41) is 0.623. The van der Waals surface area contributed by atoms with E-state index in [0.29, 0.717) is 10.6 Å². The molecule has 3 rings (SSSR count).